The summed E-state index contributed by atoms with van der Waals surface area (Å²) < 4.78 is 1.47. The van der Waals surface area contributed by atoms with Gasteiger partial charge in [-0.1, -0.05) is 18.2 Å². The molecule has 4 nitrogen and oxygen atoms in total. The van der Waals surface area contributed by atoms with E-state index in [1.54, 1.807) is 20.3 Å². The monoisotopic (exact) mass is 237 g/mol. The van der Waals surface area contributed by atoms with Crippen LogP contribution >= 0.6 is 11.8 Å². The van der Waals surface area contributed by atoms with Gasteiger partial charge in [0.25, 0.3) is 0 Å². The van der Waals surface area contributed by atoms with Gasteiger partial charge < -0.3 is 10.2 Å². The van der Waals surface area contributed by atoms with Crippen LogP contribution in [0.3, 0.4) is 0 Å². The Bertz CT molecular complexity index is 533. The number of fused-ring (bicyclic) bond motifs is 1. The minimum Gasteiger partial charge on any atom is -0.331 e. The van der Waals surface area contributed by atoms with Gasteiger partial charge in [-0.15, -0.1) is 0 Å². The summed E-state index contributed by atoms with van der Waals surface area (Å²) in [5.74, 6) is 0. The molecule has 84 valence electrons. The van der Waals surface area contributed by atoms with Crippen LogP contribution in [0.25, 0.3) is 10.9 Å². The van der Waals surface area contributed by atoms with Crippen LogP contribution in [0, 0.1) is 0 Å². The van der Waals surface area contributed by atoms with Crippen LogP contribution in [0.2, 0.25) is 0 Å². The van der Waals surface area contributed by atoms with Crippen LogP contribution in [0.5, 0.6) is 0 Å². The van der Waals surface area contributed by atoms with Gasteiger partial charge in [-0.05, 0) is 6.07 Å². The number of carbonyl (C=O) groups is 1. The minimum absolute atomic E-state index is 0.173. The normalized spacial score (nSPS) is 10.4. The molecule has 0 saturated heterocycles. The highest BCUT2D eigenvalue weighted by molar-refractivity contribution is 6.21. The zero-order chi connectivity index (χ0) is 11.7. The molecule has 0 fully saturated rings. The first-order chi connectivity index (χ1) is 7.59. The standard InChI is InChI=1S/C11H12ClN3O/c1-14(2)11(16)13-9-7-15(12)10-6-4-3-5-8(9)10/h3-7H,1-2H3,(H,13,16). The smallest absolute Gasteiger partial charge is 0.321 e. The summed E-state index contributed by atoms with van der Waals surface area (Å²) in [6.45, 7) is 0. The molecular formula is C11H12ClN3O. The Morgan fingerprint density at radius 2 is 2.06 bits per heavy atom. The summed E-state index contributed by atoms with van der Waals surface area (Å²) in [7, 11) is 3.38. The largest absolute Gasteiger partial charge is 0.331 e. The first kappa shape index (κ1) is 10.8. The first-order valence-electron chi connectivity index (χ1n) is 4.84. The number of benzene rings is 1. The number of anilines is 1. The van der Waals surface area contributed by atoms with E-state index in [-0.39, 0.29) is 6.03 Å². The summed E-state index contributed by atoms with van der Waals surface area (Å²) in [5, 5.41) is 3.71. The molecule has 0 radical (unpaired) electrons. The molecule has 1 aromatic heterocycles. The predicted octanol–water partition coefficient (Wildman–Crippen LogP) is 2.74. The van der Waals surface area contributed by atoms with Crippen molar-refractivity contribution >= 4 is 34.4 Å². The molecule has 0 saturated carbocycles. The third-order valence-electron chi connectivity index (χ3n) is 2.31. The van der Waals surface area contributed by atoms with Crippen molar-refractivity contribution in [2.75, 3.05) is 19.4 Å². The second-order valence-electron chi connectivity index (χ2n) is 3.70. The van der Waals surface area contributed by atoms with Crippen molar-refractivity contribution in [1.82, 2.24) is 8.99 Å². The number of nitrogens with zero attached hydrogens (tertiary/aromatic N) is 2. The lowest BCUT2D eigenvalue weighted by Gasteiger charge is -2.10. The lowest BCUT2D eigenvalue weighted by atomic mass is 10.2. The maximum atomic E-state index is 11.5. The molecule has 0 aliphatic carbocycles. The summed E-state index contributed by atoms with van der Waals surface area (Å²) in [6, 6.07) is 7.45. The topological polar surface area (TPSA) is 37.3 Å². The fraction of sp³-hybridized carbons (Fsp3) is 0.182. The summed E-state index contributed by atoms with van der Waals surface area (Å²) >= 11 is 5.99. The van der Waals surface area contributed by atoms with Crippen molar-refractivity contribution in [3.8, 4) is 0 Å². The van der Waals surface area contributed by atoms with E-state index in [2.05, 4.69) is 5.32 Å². The number of urea groups is 1. The fourth-order valence-electron chi connectivity index (χ4n) is 1.47. The van der Waals surface area contributed by atoms with Gasteiger partial charge in [0, 0.05) is 37.5 Å². The van der Waals surface area contributed by atoms with E-state index >= 15 is 0 Å². The number of carbonyl (C=O) groups excluding carboxylic acids is 1. The SMILES string of the molecule is CN(C)C(=O)Nc1cn(Cl)c2ccccc12. The zero-order valence-corrected chi connectivity index (χ0v) is 9.82. The molecule has 2 aromatic rings. The summed E-state index contributed by atoms with van der Waals surface area (Å²) in [4.78, 5) is 13.0. The maximum absolute atomic E-state index is 11.5. The molecule has 2 amide bonds. The van der Waals surface area contributed by atoms with Crippen molar-refractivity contribution in [2.24, 2.45) is 0 Å². The molecule has 0 spiro atoms. The Morgan fingerprint density at radius 3 is 2.75 bits per heavy atom. The Morgan fingerprint density at radius 1 is 1.38 bits per heavy atom. The molecule has 0 aliphatic heterocycles. The van der Waals surface area contributed by atoms with Crippen LogP contribution < -0.4 is 5.32 Å². The van der Waals surface area contributed by atoms with Crippen molar-refractivity contribution in [3.63, 3.8) is 0 Å². The third kappa shape index (κ3) is 1.84. The molecular weight excluding hydrogens is 226 g/mol. The van der Waals surface area contributed by atoms with Crippen LogP contribution in [-0.4, -0.2) is 29.1 Å². The van der Waals surface area contributed by atoms with Gasteiger partial charge in [0.2, 0.25) is 0 Å². The molecule has 1 aromatic carbocycles. The van der Waals surface area contributed by atoms with E-state index in [1.807, 2.05) is 24.3 Å². The highest BCUT2D eigenvalue weighted by atomic mass is 35.5. The highest BCUT2D eigenvalue weighted by Gasteiger charge is 2.10. The number of halogens is 1. The third-order valence-corrected chi connectivity index (χ3v) is 2.59. The van der Waals surface area contributed by atoms with Gasteiger partial charge in [-0.3, -0.25) is 4.09 Å². The van der Waals surface area contributed by atoms with Crippen molar-refractivity contribution in [2.45, 2.75) is 0 Å². The average Bonchev–Trinajstić information content (AvgIpc) is 2.57. The molecule has 1 heterocycles. The van der Waals surface area contributed by atoms with Crippen LogP contribution in [-0.2, 0) is 0 Å². The Kier molecular flexibility index (Phi) is 2.75. The lowest BCUT2D eigenvalue weighted by molar-refractivity contribution is 0.231. The molecule has 0 bridgehead atoms. The minimum atomic E-state index is -0.173. The molecule has 5 heteroatoms. The number of hydrogen-bond donors (Lipinski definition) is 1. The predicted molar refractivity (Wildman–Crippen MR) is 65.9 cm³/mol. The highest BCUT2D eigenvalue weighted by Crippen LogP contribution is 2.26. The van der Waals surface area contributed by atoms with Crippen LogP contribution in [0.15, 0.2) is 30.5 Å². The van der Waals surface area contributed by atoms with Crippen LogP contribution in [0.4, 0.5) is 10.5 Å². The van der Waals surface area contributed by atoms with Gasteiger partial charge in [0.15, 0.2) is 0 Å². The van der Waals surface area contributed by atoms with Crippen LogP contribution in [0.1, 0.15) is 0 Å². The van der Waals surface area contributed by atoms with E-state index in [4.69, 9.17) is 11.8 Å². The number of rotatable bonds is 1. The molecule has 0 aliphatic rings. The summed E-state index contributed by atoms with van der Waals surface area (Å²) in [5.41, 5.74) is 1.59. The number of nitrogens with one attached hydrogen (secondary N) is 1. The molecule has 0 unspecified atom stereocenters. The Hall–Kier alpha value is -1.68. The second-order valence-corrected chi connectivity index (χ2v) is 4.06. The quantitative estimate of drug-likeness (QED) is 0.814. The number of para-hydroxylation sites is 1. The van der Waals surface area contributed by atoms with E-state index in [9.17, 15) is 4.79 Å². The van der Waals surface area contributed by atoms with Crippen molar-refractivity contribution in [1.29, 1.82) is 0 Å². The van der Waals surface area contributed by atoms with E-state index in [0.717, 1.165) is 10.9 Å². The molecule has 2 rings (SSSR count). The van der Waals surface area contributed by atoms with E-state index in [0.29, 0.717) is 5.69 Å². The maximum Gasteiger partial charge on any atom is 0.321 e. The Labute approximate surface area is 98.5 Å². The van der Waals surface area contributed by atoms with E-state index < -0.39 is 0 Å². The fourth-order valence-corrected chi connectivity index (χ4v) is 1.71. The van der Waals surface area contributed by atoms with Crippen molar-refractivity contribution < 1.29 is 4.79 Å². The Balaban J connectivity index is 2.42. The summed E-state index contributed by atoms with van der Waals surface area (Å²) in [6.07, 6.45) is 1.69. The zero-order valence-electron chi connectivity index (χ0n) is 9.07. The molecule has 0 atom stereocenters. The van der Waals surface area contributed by atoms with E-state index in [1.165, 1.54) is 8.99 Å². The molecule has 16 heavy (non-hydrogen) atoms. The van der Waals surface area contributed by atoms with Crippen molar-refractivity contribution in [3.05, 3.63) is 30.5 Å². The van der Waals surface area contributed by atoms with Gasteiger partial charge in [-0.2, -0.15) is 0 Å². The average molecular weight is 238 g/mol. The first-order valence-corrected chi connectivity index (χ1v) is 5.18. The molecule has 1 N–H and O–H groups in total. The number of hydrogen-bond acceptors (Lipinski definition) is 1. The van der Waals surface area contributed by atoms with Gasteiger partial charge in [0.1, 0.15) is 0 Å². The lowest BCUT2D eigenvalue weighted by Crippen LogP contribution is -2.27. The van der Waals surface area contributed by atoms with Gasteiger partial charge in [-0.25, -0.2) is 4.79 Å². The van der Waals surface area contributed by atoms with Gasteiger partial charge in [0.05, 0.1) is 11.2 Å². The number of aromatic nitrogens is 1. The van der Waals surface area contributed by atoms with Gasteiger partial charge >= 0.3 is 6.03 Å². The second kappa shape index (κ2) is 4.06. The number of amides is 2.